The molecule has 0 atom stereocenters. The SMILES string of the molecule is C#CCOc1cc(-n2nc3n(c2=O)CCCC3)c(Cl)cc1Cl.CS(=O)(=O)c1cc(C(F)(F)F)ccc1C(=O)c1cnoc1C1CC1.O=C(O)CNCP(=O)(O)O. The summed E-state index contributed by atoms with van der Waals surface area (Å²) < 4.78 is 85.7. The zero-order valence-corrected chi connectivity index (χ0v) is 32.3. The molecule has 56 heavy (non-hydrogen) atoms. The third-order valence-corrected chi connectivity index (χ3v) is 10.2. The second-order valence-corrected chi connectivity index (χ2v) is 16.7. The fourth-order valence-corrected chi connectivity index (χ4v) is 7.00. The molecule has 0 radical (unpaired) electrons. The number of alkyl halides is 3. The largest absolute Gasteiger partial charge is 0.480 e. The smallest absolute Gasteiger partial charge is 0.416 e. The van der Waals surface area contributed by atoms with Crippen LogP contribution in [0, 0.1) is 12.3 Å². The number of aliphatic carboxylic acids is 1. The molecule has 3 heterocycles. The van der Waals surface area contributed by atoms with E-state index in [1.54, 1.807) is 10.6 Å². The molecule has 4 aromatic rings. The maximum atomic E-state index is 12.8. The van der Waals surface area contributed by atoms with E-state index in [0.717, 1.165) is 50.3 Å². The number of aryl methyl sites for hydroxylation is 1. The number of nitrogens with zero attached hydrogens (tertiary/aromatic N) is 4. The zero-order chi connectivity index (χ0) is 41.6. The Morgan fingerprint density at radius 1 is 1.14 bits per heavy atom. The first-order chi connectivity index (χ1) is 26.1. The minimum Gasteiger partial charge on any atom is -0.480 e. The Bertz CT molecular complexity index is 2370. The molecule has 2 aromatic heterocycles. The van der Waals surface area contributed by atoms with Crippen LogP contribution in [-0.4, -0.2) is 80.3 Å². The van der Waals surface area contributed by atoms with E-state index in [-0.39, 0.29) is 29.3 Å². The minimum absolute atomic E-state index is 0.0441. The number of rotatable bonds is 11. The predicted molar refractivity (Wildman–Crippen MR) is 194 cm³/mol. The van der Waals surface area contributed by atoms with E-state index >= 15 is 0 Å². The first-order valence-corrected chi connectivity index (χ1v) is 20.7. The number of sulfone groups is 1. The van der Waals surface area contributed by atoms with Crippen molar-refractivity contribution in [2.75, 3.05) is 25.7 Å². The molecule has 16 nitrogen and oxygen atoms in total. The van der Waals surface area contributed by atoms with Crippen molar-refractivity contribution in [1.29, 1.82) is 0 Å². The van der Waals surface area contributed by atoms with Crippen molar-refractivity contribution in [3.05, 3.63) is 85.3 Å². The molecular formula is C33H33Cl2F3N5O11PS. The van der Waals surface area contributed by atoms with Gasteiger partial charge < -0.3 is 24.2 Å². The van der Waals surface area contributed by atoms with E-state index in [2.05, 4.69) is 21.5 Å². The Labute approximate surface area is 326 Å². The lowest BCUT2D eigenvalue weighted by Gasteiger charge is -2.11. The van der Waals surface area contributed by atoms with Crippen molar-refractivity contribution in [2.24, 2.45) is 0 Å². The lowest BCUT2D eigenvalue weighted by atomic mass is 10.0. The number of ketones is 1. The molecule has 23 heteroatoms. The summed E-state index contributed by atoms with van der Waals surface area (Å²) in [5.74, 6) is 2.04. The molecule has 2 aromatic carbocycles. The minimum atomic E-state index is -4.71. The van der Waals surface area contributed by atoms with Crippen LogP contribution in [0.2, 0.25) is 10.0 Å². The Hall–Kier alpha value is -4.48. The van der Waals surface area contributed by atoms with Crippen molar-refractivity contribution in [2.45, 2.75) is 55.6 Å². The van der Waals surface area contributed by atoms with Gasteiger partial charge in [0, 0.05) is 36.8 Å². The van der Waals surface area contributed by atoms with Crippen molar-refractivity contribution < 1.29 is 59.9 Å². The molecule has 0 spiro atoms. The lowest BCUT2D eigenvalue weighted by Crippen LogP contribution is -2.26. The summed E-state index contributed by atoms with van der Waals surface area (Å²) in [6.07, 6.45) is 6.23. The highest BCUT2D eigenvalue weighted by molar-refractivity contribution is 7.90. The number of fused-ring (bicyclic) bond motifs is 1. The maximum Gasteiger partial charge on any atom is 0.416 e. The van der Waals surface area contributed by atoms with Gasteiger partial charge in [0.25, 0.3) is 0 Å². The second-order valence-electron chi connectivity index (χ2n) is 12.3. The number of halogens is 5. The Balaban J connectivity index is 0.000000202. The van der Waals surface area contributed by atoms with Crippen LogP contribution < -0.4 is 15.7 Å². The summed E-state index contributed by atoms with van der Waals surface area (Å²) in [6.45, 7) is 0.320. The Kier molecular flexibility index (Phi) is 14.4. The van der Waals surface area contributed by atoms with Gasteiger partial charge in [-0.25, -0.2) is 13.2 Å². The van der Waals surface area contributed by atoms with Crippen molar-refractivity contribution in [1.82, 2.24) is 24.8 Å². The number of aromatic nitrogens is 4. The van der Waals surface area contributed by atoms with E-state index in [4.69, 9.17) is 53.8 Å². The van der Waals surface area contributed by atoms with Gasteiger partial charge in [0.1, 0.15) is 18.2 Å². The molecule has 302 valence electrons. The average Bonchev–Trinajstić information content (AvgIpc) is 3.74. The molecule has 1 fully saturated rings. The summed E-state index contributed by atoms with van der Waals surface area (Å²) in [5.41, 5.74) is -1.14. The van der Waals surface area contributed by atoms with Gasteiger partial charge in [-0.2, -0.15) is 17.9 Å². The van der Waals surface area contributed by atoms with Crippen molar-refractivity contribution in [3.8, 4) is 23.8 Å². The van der Waals surface area contributed by atoms with Gasteiger partial charge in [-0.05, 0) is 49.9 Å². The van der Waals surface area contributed by atoms with Gasteiger partial charge in [0.15, 0.2) is 21.4 Å². The van der Waals surface area contributed by atoms with Gasteiger partial charge in [-0.3, -0.25) is 24.0 Å². The van der Waals surface area contributed by atoms with Gasteiger partial charge in [-0.1, -0.05) is 34.3 Å². The number of ether oxygens (including phenoxy) is 1. The highest BCUT2D eigenvalue weighted by Gasteiger charge is 2.36. The van der Waals surface area contributed by atoms with E-state index < -0.39 is 58.7 Å². The summed E-state index contributed by atoms with van der Waals surface area (Å²) >= 11 is 12.3. The fourth-order valence-electron chi connectivity index (χ4n) is 5.17. The van der Waals surface area contributed by atoms with Crippen LogP contribution in [0.25, 0.3) is 5.69 Å². The fraction of sp³-hybridized carbons (Fsp3) is 0.364. The molecule has 1 saturated carbocycles. The number of nitrogens with one attached hydrogen (secondary N) is 1. The van der Waals surface area contributed by atoms with Gasteiger partial charge in [-0.15, -0.1) is 11.5 Å². The number of carbonyl (C=O) groups excluding carboxylic acids is 1. The standard InChI is InChI=1S/C15H13Cl2N3O2.C15H12F3NO4S.C3H8NO5P/c1-2-7-22-13-9-12(10(16)8-11(13)17)20-15(21)19-6-4-3-5-14(19)18-20;1-24(21,22)12-6-9(15(16,17)18)4-5-10(12)13(20)11-7-19-23-14(11)8-2-3-8;5-3(6)1-4-2-10(7,8)9/h1,8-9H,3-7H2;4-8H,2-3H2,1H3;4H,1-2H2,(H,5,6)(H2,7,8,9). The Morgan fingerprint density at radius 3 is 2.41 bits per heavy atom. The van der Waals surface area contributed by atoms with Crippen LogP contribution in [0.15, 0.2) is 50.7 Å². The number of hydrogen-bond donors (Lipinski definition) is 4. The molecule has 0 saturated heterocycles. The van der Waals surface area contributed by atoms with Gasteiger partial charge in [0.05, 0.1) is 50.8 Å². The number of terminal acetylenes is 1. The number of carbonyl (C=O) groups is 2. The molecule has 0 unspecified atom stereocenters. The molecule has 1 aliphatic heterocycles. The summed E-state index contributed by atoms with van der Waals surface area (Å²) in [4.78, 5) is 50.6. The molecule has 4 N–H and O–H groups in total. The maximum absolute atomic E-state index is 12.8. The third-order valence-electron chi connectivity index (χ3n) is 7.85. The zero-order valence-electron chi connectivity index (χ0n) is 29.1. The van der Waals surface area contributed by atoms with Crippen LogP contribution in [0.3, 0.4) is 0 Å². The Morgan fingerprint density at radius 2 is 1.84 bits per heavy atom. The highest BCUT2D eigenvalue weighted by atomic mass is 35.5. The monoisotopic (exact) mass is 865 g/mol. The van der Waals surface area contributed by atoms with Crippen LogP contribution in [0.4, 0.5) is 13.2 Å². The van der Waals surface area contributed by atoms with E-state index in [1.165, 1.54) is 16.9 Å². The number of carboxylic acid groups (broad SMARTS) is 1. The molecule has 2 aliphatic rings. The van der Waals surface area contributed by atoms with Gasteiger partial charge >= 0.3 is 25.4 Å². The van der Waals surface area contributed by atoms with E-state index in [0.29, 0.717) is 45.9 Å². The normalized spacial score (nSPS) is 14.0. The van der Waals surface area contributed by atoms with E-state index in [9.17, 15) is 40.5 Å². The van der Waals surface area contributed by atoms with Crippen LogP contribution >= 0.6 is 30.8 Å². The number of benzene rings is 2. The topological polar surface area (TPSA) is 233 Å². The molecule has 0 amide bonds. The second kappa shape index (κ2) is 18.2. The first kappa shape index (κ1) is 44.2. The van der Waals surface area contributed by atoms with Gasteiger partial charge in [0.2, 0.25) is 0 Å². The molecule has 1 aliphatic carbocycles. The lowest BCUT2D eigenvalue weighted by molar-refractivity contribution is -0.138. The summed E-state index contributed by atoms with van der Waals surface area (Å²) in [6, 6.07) is 5.15. The van der Waals surface area contributed by atoms with Crippen LogP contribution in [0.5, 0.6) is 5.75 Å². The number of hydrogen-bond acceptors (Lipinski definition) is 11. The molecular weight excluding hydrogens is 833 g/mol. The summed E-state index contributed by atoms with van der Waals surface area (Å²) in [7, 11) is -8.14. The summed E-state index contributed by atoms with van der Waals surface area (Å²) in [5, 5.41) is 18.7. The van der Waals surface area contributed by atoms with Crippen LogP contribution in [0.1, 0.15) is 64.7 Å². The van der Waals surface area contributed by atoms with E-state index in [1.807, 2.05) is 0 Å². The molecule has 0 bridgehead atoms. The average molecular weight is 867 g/mol. The predicted octanol–water partition coefficient (Wildman–Crippen LogP) is 4.69. The first-order valence-electron chi connectivity index (χ1n) is 16.2. The quantitative estimate of drug-likeness (QED) is 0.0911. The van der Waals surface area contributed by atoms with Crippen molar-refractivity contribution >= 4 is 52.4 Å². The van der Waals surface area contributed by atoms with Crippen LogP contribution in [-0.2, 0) is 38.3 Å². The van der Waals surface area contributed by atoms with Crippen molar-refractivity contribution in [3.63, 3.8) is 0 Å². The molecule has 6 rings (SSSR count). The number of carboxylic acids is 1. The third kappa shape index (κ3) is 11.8. The highest BCUT2D eigenvalue weighted by Crippen LogP contribution is 2.42.